The number of carbonyl (C=O) groups is 1. The molecule has 17 heavy (non-hydrogen) atoms. The van der Waals surface area contributed by atoms with Gasteiger partial charge in [-0.25, -0.2) is 14.3 Å². The second kappa shape index (κ2) is 3.62. The van der Waals surface area contributed by atoms with E-state index in [4.69, 9.17) is 4.74 Å². The van der Waals surface area contributed by atoms with Gasteiger partial charge in [0, 0.05) is 6.20 Å². The first-order valence-corrected chi connectivity index (χ1v) is 5.23. The minimum absolute atomic E-state index is 0.233. The van der Waals surface area contributed by atoms with E-state index in [1.165, 1.54) is 9.08 Å². The van der Waals surface area contributed by atoms with Gasteiger partial charge in [0.05, 0.1) is 13.1 Å². The highest BCUT2D eigenvalue weighted by Crippen LogP contribution is 2.02. The van der Waals surface area contributed by atoms with Crippen molar-refractivity contribution < 1.29 is 9.53 Å². The average molecular weight is 234 g/mol. The first kappa shape index (κ1) is 9.88. The van der Waals surface area contributed by atoms with Crippen LogP contribution in [-0.4, -0.2) is 32.9 Å². The van der Waals surface area contributed by atoms with E-state index in [1.54, 1.807) is 18.3 Å². The molecule has 0 aliphatic carbocycles. The molecule has 1 fully saturated rings. The Hall–Kier alpha value is -2.31. The quantitative estimate of drug-likeness (QED) is 0.767. The molecule has 1 N–H and O–H groups in total. The molecule has 1 atom stereocenters. The maximum atomic E-state index is 11.9. The van der Waals surface area contributed by atoms with Crippen molar-refractivity contribution in [3.8, 4) is 0 Å². The highest BCUT2D eigenvalue weighted by atomic mass is 16.6. The molecule has 2 aromatic heterocycles. The van der Waals surface area contributed by atoms with Crippen molar-refractivity contribution in [1.82, 2.24) is 19.5 Å². The fourth-order valence-corrected chi connectivity index (χ4v) is 1.81. The number of amides is 1. The van der Waals surface area contributed by atoms with Crippen LogP contribution in [-0.2, 0) is 11.3 Å². The van der Waals surface area contributed by atoms with Crippen LogP contribution in [0.5, 0.6) is 0 Å². The number of aromatic nitrogens is 3. The minimum atomic E-state index is -0.452. The number of rotatable bonds is 2. The Morgan fingerprint density at radius 2 is 2.35 bits per heavy atom. The predicted molar refractivity (Wildman–Crippen MR) is 57.7 cm³/mol. The van der Waals surface area contributed by atoms with Crippen molar-refractivity contribution in [1.29, 1.82) is 0 Å². The van der Waals surface area contributed by atoms with Gasteiger partial charge in [-0.2, -0.15) is 0 Å². The van der Waals surface area contributed by atoms with E-state index in [1.807, 2.05) is 6.07 Å². The highest BCUT2D eigenvalue weighted by Gasteiger charge is 2.24. The van der Waals surface area contributed by atoms with Gasteiger partial charge in [-0.3, -0.25) is 4.40 Å². The van der Waals surface area contributed by atoms with E-state index >= 15 is 0 Å². The van der Waals surface area contributed by atoms with Crippen molar-refractivity contribution in [3.05, 3.63) is 34.9 Å². The largest absolute Gasteiger partial charge is 0.442 e. The van der Waals surface area contributed by atoms with E-state index < -0.39 is 6.09 Å². The topological polar surface area (TPSA) is 77.6 Å². The van der Waals surface area contributed by atoms with Crippen LogP contribution in [0.15, 0.2) is 29.2 Å². The summed E-state index contributed by atoms with van der Waals surface area (Å²) < 4.78 is 7.71. The molecule has 2 aromatic rings. The molecule has 1 aliphatic rings. The van der Waals surface area contributed by atoms with E-state index in [-0.39, 0.29) is 18.3 Å². The van der Waals surface area contributed by atoms with Crippen LogP contribution in [0.25, 0.3) is 5.65 Å². The van der Waals surface area contributed by atoms with Crippen LogP contribution < -0.4 is 11.0 Å². The number of hydrogen-bond acceptors (Lipinski definition) is 4. The molecule has 1 saturated heterocycles. The maximum Gasteiger partial charge on any atom is 0.407 e. The Balaban J connectivity index is 1.93. The zero-order valence-electron chi connectivity index (χ0n) is 8.87. The number of alkyl carbamates (subject to hydrolysis) is 1. The van der Waals surface area contributed by atoms with Crippen LogP contribution in [0.1, 0.15) is 0 Å². The molecule has 7 heteroatoms. The molecular formula is C10H10N4O3. The summed E-state index contributed by atoms with van der Waals surface area (Å²) in [5, 5.41) is 6.68. The molecule has 0 saturated carbocycles. The molecule has 0 spiro atoms. The number of cyclic esters (lactones) is 1. The highest BCUT2D eigenvalue weighted by molar-refractivity contribution is 5.69. The van der Waals surface area contributed by atoms with Gasteiger partial charge in [0.2, 0.25) is 0 Å². The molecular weight excluding hydrogens is 224 g/mol. The van der Waals surface area contributed by atoms with Crippen LogP contribution in [0.4, 0.5) is 4.79 Å². The lowest BCUT2D eigenvalue weighted by Gasteiger charge is -2.05. The van der Waals surface area contributed by atoms with Gasteiger partial charge in [-0.15, -0.1) is 5.10 Å². The molecule has 1 unspecified atom stereocenters. The van der Waals surface area contributed by atoms with Crippen LogP contribution in [0.2, 0.25) is 0 Å². The Bertz CT molecular complexity index is 630. The van der Waals surface area contributed by atoms with Crippen molar-refractivity contribution in [2.24, 2.45) is 0 Å². The van der Waals surface area contributed by atoms with Crippen LogP contribution >= 0.6 is 0 Å². The van der Waals surface area contributed by atoms with Gasteiger partial charge in [-0.1, -0.05) is 6.07 Å². The van der Waals surface area contributed by atoms with Crippen LogP contribution in [0.3, 0.4) is 0 Å². The lowest BCUT2D eigenvalue weighted by Crippen LogP contribution is -2.29. The van der Waals surface area contributed by atoms with Crippen molar-refractivity contribution >= 4 is 11.7 Å². The summed E-state index contributed by atoms with van der Waals surface area (Å²) in [5.74, 6) is 0. The molecule has 0 aromatic carbocycles. The third-order valence-electron chi connectivity index (χ3n) is 2.61. The molecule has 1 aliphatic heterocycles. The Kier molecular flexibility index (Phi) is 2.10. The zero-order chi connectivity index (χ0) is 11.8. The van der Waals surface area contributed by atoms with Crippen LogP contribution in [0, 0.1) is 0 Å². The van der Waals surface area contributed by atoms with Crippen molar-refractivity contribution in [3.63, 3.8) is 0 Å². The predicted octanol–water partition coefficient (Wildman–Crippen LogP) is -0.396. The summed E-state index contributed by atoms with van der Waals surface area (Å²) in [4.78, 5) is 22.8. The summed E-state index contributed by atoms with van der Waals surface area (Å²) in [6, 6.07) is 5.32. The maximum absolute atomic E-state index is 11.9. The Morgan fingerprint density at radius 3 is 3.06 bits per heavy atom. The summed E-state index contributed by atoms with van der Waals surface area (Å²) in [5.41, 5.74) is 0.346. The van der Waals surface area contributed by atoms with Gasteiger partial charge in [-0.05, 0) is 12.1 Å². The molecule has 3 heterocycles. The minimum Gasteiger partial charge on any atom is -0.442 e. The molecule has 7 nitrogen and oxygen atoms in total. The lowest BCUT2D eigenvalue weighted by molar-refractivity contribution is 0.128. The zero-order valence-corrected chi connectivity index (χ0v) is 8.87. The molecule has 0 bridgehead atoms. The van der Waals surface area contributed by atoms with Gasteiger partial charge >= 0.3 is 11.8 Å². The van der Waals surface area contributed by atoms with Gasteiger partial charge < -0.3 is 10.1 Å². The normalized spacial score (nSPS) is 19.3. The van der Waals surface area contributed by atoms with Crippen molar-refractivity contribution in [2.45, 2.75) is 12.6 Å². The van der Waals surface area contributed by atoms with Gasteiger partial charge in [0.1, 0.15) is 6.10 Å². The van der Waals surface area contributed by atoms with E-state index in [0.29, 0.717) is 12.2 Å². The monoisotopic (exact) mass is 234 g/mol. The summed E-state index contributed by atoms with van der Waals surface area (Å²) in [7, 11) is 0. The molecule has 88 valence electrons. The first-order valence-electron chi connectivity index (χ1n) is 5.23. The van der Waals surface area contributed by atoms with E-state index in [9.17, 15) is 9.59 Å². The third kappa shape index (κ3) is 1.65. The average Bonchev–Trinajstić information content (AvgIpc) is 2.86. The number of ether oxygens (including phenoxy) is 1. The number of hydrogen-bond donors (Lipinski definition) is 1. The SMILES string of the molecule is O=C1NCC(Cn2nc3ccccn3c2=O)O1. The lowest BCUT2D eigenvalue weighted by atomic mass is 10.4. The Morgan fingerprint density at radius 1 is 1.47 bits per heavy atom. The number of nitrogens with zero attached hydrogens (tertiary/aromatic N) is 3. The fourth-order valence-electron chi connectivity index (χ4n) is 1.81. The summed E-state index contributed by atoms with van der Waals surface area (Å²) in [6.45, 7) is 0.665. The number of pyridine rings is 1. The molecule has 3 rings (SSSR count). The number of carbonyl (C=O) groups excluding carboxylic acids is 1. The van der Waals surface area contributed by atoms with E-state index in [0.717, 1.165) is 0 Å². The first-order chi connectivity index (χ1) is 8.24. The standard InChI is InChI=1S/C10H10N4O3/c15-9-11-5-7(17-9)6-14-10(16)13-4-2-1-3-8(13)12-14/h1-4,7H,5-6H2,(H,11,15). The summed E-state index contributed by atoms with van der Waals surface area (Å²) in [6.07, 6.45) is 0.858. The smallest absolute Gasteiger partial charge is 0.407 e. The molecule has 0 radical (unpaired) electrons. The Labute approximate surface area is 95.6 Å². The van der Waals surface area contributed by atoms with Gasteiger partial charge in [0.15, 0.2) is 5.65 Å². The fraction of sp³-hybridized carbons (Fsp3) is 0.300. The summed E-state index contributed by atoms with van der Waals surface area (Å²) >= 11 is 0. The second-order valence-corrected chi connectivity index (χ2v) is 3.80. The van der Waals surface area contributed by atoms with Gasteiger partial charge in [0.25, 0.3) is 0 Å². The number of fused-ring (bicyclic) bond motifs is 1. The second-order valence-electron chi connectivity index (χ2n) is 3.80. The van der Waals surface area contributed by atoms with E-state index in [2.05, 4.69) is 10.4 Å². The third-order valence-corrected chi connectivity index (χ3v) is 2.61. The molecule has 1 amide bonds. The number of nitrogens with one attached hydrogen (secondary N) is 1. The van der Waals surface area contributed by atoms with Crippen molar-refractivity contribution in [2.75, 3.05) is 6.54 Å².